The maximum absolute atomic E-state index is 12.5. The third-order valence-electron chi connectivity index (χ3n) is 5.64. The largest absolute Gasteiger partial charge is 0.363 e. The topological polar surface area (TPSA) is 74.3 Å². The van der Waals surface area contributed by atoms with E-state index in [-0.39, 0.29) is 29.8 Å². The molecule has 0 spiro atoms. The lowest BCUT2D eigenvalue weighted by Gasteiger charge is -2.45. The smallest absolute Gasteiger partial charge is 0.251 e. The van der Waals surface area contributed by atoms with Crippen LogP contribution < -0.4 is 15.5 Å². The normalized spacial score (nSPS) is 20.7. The van der Waals surface area contributed by atoms with Crippen molar-refractivity contribution in [2.24, 2.45) is 5.92 Å². The molecule has 3 atom stereocenters. The molecule has 6 heteroatoms. The molecule has 1 aliphatic heterocycles. The van der Waals surface area contributed by atoms with Crippen LogP contribution in [0.5, 0.6) is 0 Å². The zero-order chi connectivity index (χ0) is 21.1. The number of aromatic nitrogens is 1. The van der Waals surface area contributed by atoms with Crippen LogP contribution in [0.15, 0.2) is 36.4 Å². The van der Waals surface area contributed by atoms with Gasteiger partial charge in [-0.3, -0.25) is 9.59 Å². The van der Waals surface area contributed by atoms with E-state index in [1.807, 2.05) is 49.1 Å². The number of nitrogens with zero attached hydrogens (tertiary/aromatic N) is 2. The second-order valence-corrected chi connectivity index (χ2v) is 7.64. The lowest BCUT2D eigenvalue weighted by molar-refractivity contribution is -0.117. The first kappa shape index (κ1) is 20.8. The molecule has 1 aliphatic rings. The summed E-state index contributed by atoms with van der Waals surface area (Å²) in [5, 5.41) is 6.42. The molecule has 2 aromatic rings. The number of anilines is 2. The average molecular weight is 395 g/mol. The van der Waals surface area contributed by atoms with E-state index in [1.54, 1.807) is 13.0 Å². The number of benzene rings is 1. The van der Waals surface area contributed by atoms with Gasteiger partial charge in [-0.15, -0.1) is 0 Å². The fourth-order valence-electron chi connectivity index (χ4n) is 4.30. The van der Waals surface area contributed by atoms with Gasteiger partial charge in [-0.1, -0.05) is 19.9 Å². The molecule has 3 rings (SSSR count). The van der Waals surface area contributed by atoms with Crippen molar-refractivity contribution in [3.63, 3.8) is 0 Å². The molecular formula is C23H30N4O2. The van der Waals surface area contributed by atoms with Gasteiger partial charge in [0.05, 0.1) is 6.04 Å². The molecule has 0 saturated carbocycles. The molecule has 2 unspecified atom stereocenters. The summed E-state index contributed by atoms with van der Waals surface area (Å²) in [5.74, 6) is 0.843. The number of rotatable bonds is 5. The number of hydrogen-bond acceptors (Lipinski definition) is 4. The molecular weight excluding hydrogens is 364 g/mol. The highest BCUT2D eigenvalue weighted by atomic mass is 16.2. The molecule has 0 saturated heterocycles. The van der Waals surface area contributed by atoms with Gasteiger partial charge in [0.15, 0.2) is 0 Å². The van der Waals surface area contributed by atoms with Crippen molar-refractivity contribution in [3.8, 4) is 0 Å². The number of aryl methyl sites for hydroxylation is 1. The Morgan fingerprint density at radius 1 is 1.17 bits per heavy atom. The maximum atomic E-state index is 12.5. The standard InChI is InChI=1S/C23H30N4O2/c1-6-19-15(4)22(26-21-10-8-9-14(3)25-21)18-13-17(23(29)24-7-2)11-12-20(18)27(19)16(5)28/h8-13,15,19,22H,6-7H2,1-5H3,(H,24,29)(H,25,26)/t15?,19-,22?/m0/s1. The fourth-order valence-corrected chi connectivity index (χ4v) is 4.30. The van der Waals surface area contributed by atoms with Gasteiger partial charge in [0.2, 0.25) is 5.91 Å². The Labute approximate surface area is 172 Å². The minimum absolute atomic E-state index is 0.0165. The van der Waals surface area contributed by atoms with Crippen molar-refractivity contribution >= 4 is 23.3 Å². The van der Waals surface area contributed by atoms with Crippen LogP contribution in [-0.4, -0.2) is 29.4 Å². The van der Waals surface area contributed by atoms with Crippen LogP contribution >= 0.6 is 0 Å². The fraction of sp³-hybridized carbons (Fsp3) is 0.435. The quantitative estimate of drug-likeness (QED) is 0.802. The molecule has 0 fully saturated rings. The van der Waals surface area contributed by atoms with Crippen molar-refractivity contribution in [1.29, 1.82) is 0 Å². The Bertz CT molecular complexity index is 912. The van der Waals surface area contributed by atoms with Gasteiger partial charge in [-0.2, -0.15) is 0 Å². The first-order chi connectivity index (χ1) is 13.9. The second-order valence-electron chi connectivity index (χ2n) is 7.64. The Hall–Kier alpha value is -2.89. The van der Waals surface area contributed by atoms with E-state index in [2.05, 4.69) is 29.5 Å². The van der Waals surface area contributed by atoms with Gasteiger partial charge in [-0.05, 0) is 56.2 Å². The van der Waals surface area contributed by atoms with Gasteiger partial charge in [-0.25, -0.2) is 4.98 Å². The molecule has 2 heterocycles. The predicted octanol–water partition coefficient (Wildman–Crippen LogP) is 4.07. The molecule has 0 aliphatic carbocycles. The van der Waals surface area contributed by atoms with Crippen LogP contribution in [0, 0.1) is 12.8 Å². The van der Waals surface area contributed by atoms with Gasteiger partial charge < -0.3 is 15.5 Å². The maximum Gasteiger partial charge on any atom is 0.251 e. The van der Waals surface area contributed by atoms with Crippen LogP contribution in [0.2, 0.25) is 0 Å². The first-order valence-electron chi connectivity index (χ1n) is 10.3. The van der Waals surface area contributed by atoms with Crippen LogP contribution in [-0.2, 0) is 4.79 Å². The Kier molecular flexibility index (Phi) is 6.20. The van der Waals surface area contributed by atoms with Crippen LogP contribution in [0.3, 0.4) is 0 Å². The average Bonchev–Trinajstić information content (AvgIpc) is 2.69. The van der Waals surface area contributed by atoms with Crippen molar-refractivity contribution in [1.82, 2.24) is 10.3 Å². The molecule has 0 bridgehead atoms. The van der Waals surface area contributed by atoms with Gasteiger partial charge in [0.1, 0.15) is 5.82 Å². The molecule has 2 N–H and O–H groups in total. The summed E-state index contributed by atoms with van der Waals surface area (Å²) in [6.45, 7) is 10.3. The molecule has 1 aromatic carbocycles. The number of fused-ring (bicyclic) bond motifs is 1. The SMILES string of the molecule is CCNC(=O)c1ccc2c(c1)C(Nc1cccc(C)n1)C(C)[C@H](CC)N2C(C)=O. The van der Waals surface area contributed by atoms with Crippen LogP contribution in [0.25, 0.3) is 0 Å². The number of amides is 2. The van der Waals surface area contributed by atoms with E-state index in [0.29, 0.717) is 12.1 Å². The van der Waals surface area contributed by atoms with Crippen molar-refractivity contribution in [2.45, 2.75) is 53.1 Å². The molecule has 29 heavy (non-hydrogen) atoms. The zero-order valence-electron chi connectivity index (χ0n) is 17.8. The van der Waals surface area contributed by atoms with Gasteiger partial charge in [0.25, 0.3) is 5.91 Å². The lowest BCUT2D eigenvalue weighted by atomic mass is 9.80. The minimum Gasteiger partial charge on any atom is -0.363 e. The number of hydrogen-bond donors (Lipinski definition) is 2. The third kappa shape index (κ3) is 4.11. The summed E-state index contributed by atoms with van der Waals surface area (Å²) in [7, 11) is 0. The highest BCUT2D eigenvalue weighted by molar-refractivity contribution is 5.98. The van der Waals surface area contributed by atoms with Crippen molar-refractivity contribution in [3.05, 3.63) is 53.2 Å². The summed E-state index contributed by atoms with van der Waals surface area (Å²) < 4.78 is 0. The third-order valence-corrected chi connectivity index (χ3v) is 5.64. The van der Waals surface area contributed by atoms with E-state index >= 15 is 0 Å². The Morgan fingerprint density at radius 2 is 1.93 bits per heavy atom. The monoisotopic (exact) mass is 394 g/mol. The summed E-state index contributed by atoms with van der Waals surface area (Å²) in [6, 6.07) is 11.5. The summed E-state index contributed by atoms with van der Waals surface area (Å²) in [5.41, 5.74) is 3.34. The summed E-state index contributed by atoms with van der Waals surface area (Å²) >= 11 is 0. The van der Waals surface area contributed by atoms with Gasteiger partial charge in [0, 0.05) is 42.4 Å². The number of carbonyl (C=O) groups is 2. The predicted molar refractivity (Wildman–Crippen MR) is 116 cm³/mol. The number of carbonyl (C=O) groups excluding carboxylic acids is 2. The molecule has 0 radical (unpaired) electrons. The number of pyridine rings is 1. The number of nitrogens with one attached hydrogen (secondary N) is 2. The van der Waals surface area contributed by atoms with E-state index in [9.17, 15) is 9.59 Å². The summed E-state index contributed by atoms with van der Waals surface area (Å²) in [4.78, 5) is 31.4. The summed E-state index contributed by atoms with van der Waals surface area (Å²) in [6.07, 6.45) is 0.845. The zero-order valence-corrected chi connectivity index (χ0v) is 17.8. The van der Waals surface area contributed by atoms with Crippen LogP contribution in [0.1, 0.15) is 61.8 Å². The first-order valence-corrected chi connectivity index (χ1v) is 10.3. The highest BCUT2D eigenvalue weighted by Gasteiger charge is 2.40. The molecule has 2 amide bonds. The molecule has 6 nitrogen and oxygen atoms in total. The molecule has 154 valence electrons. The highest BCUT2D eigenvalue weighted by Crippen LogP contribution is 2.43. The van der Waals surface area contributed by atoms with Gasteiger partial charge >= 0.3 is 0 Å². The van der Waals surface area contributed by atoms with Crippen molar-refractivity contribution < 1.29 is 9.59 Å². The minimum atomic E-state index is -0.109. The lowest BCUT2D eigenvalue weighted by Crippen LogP contribution is -2.49. The van der Waals surface area contributed by atoms with Crippen LogP contribution in [0.4, 0.5) is 11.5 Å². The van der Waals surface area contributed by atoms with E-state index in [4.69, 9.17) is 0 Å². The van der Waals surface area contributed by atoms with E-state index in [1.165, 1.54) is 0 Å². The Morgan fingerprint density at radius 3 is 2.55 bits per heavy atom. The second kappa shape index (κ2) is 8.64. The van der Waals surface area contributed by atoms with E-state index in [0.717, 1.165) is 29.2 Å². The Balaban J connectivity index is 2.11. The van der Waals surface area contributed by atoms with Crippen molar-refractivity contribution in [2.75, 3.05) is 16.8 Å². The van der Waals surface area contributed by atoms with E-state index < -0.39 is 0 Å². The molecule has 1 aromatic heterocycles.